The zero-order valence-corrected chi connectivity index (χ0v) is 19.3. The molecule has 0 aliphatic heterocycles. The SMILES string of the molecule is CC(C)N(C)S(=O)(=O)c1ccc(NC(=O)CCOc2ccccc2-c2ccccc2)cc1. The molecule has 0 atom stereocenters. The maximum absolute atomic E-state index is 12.5. The number of sulfonamides is 1. The van der Waals surface area contributed by atoms with E-state index in [4.69, 9.17) is 4.74 Å². The van der Waals surface area contributed by atoms with E-state index in [1.807, 2.05) is 68.4 Å². The van der Waals surface area contributed by atoms with E-state index < -0.39 is 10.0 Å². The normalized spacial score (nSPS) is 11.5. The molecule has 6 nitrogen and oxygen atoms in total. The molecule has 3 aromatic rings. The van der Waals surface area contributed by atoms with Gasteiger partial charge in [-0.3, -0.25) is 4.79 Å². The molecule has 0 spiro atoms. The zero-order chi connectivity index (χ0) is 23.1. The summed E-state index contributed by atoms with van der Waals surface area (Å²) in [6.07, 6.45) is 0.166. The maximum atomic E-state index is 12.5. The molecule has 0 unspecified atom stereocenters. The first-order valence-corrected chi connectivity index (χ1v) is 11.9. The second kappa shape index (κ2) is 10.4. The van der Waals surface area contributed by atoms with Gasteiger partial charge in [0.2, 0.25) is 15.9 Å². The molecular weight excluding hydrogens is 424 g/mol. The Balaban J connectivity index is 1.57. The van der Waals surface area contributed by atoms with E-state index in [9.17, 15) is 13.2 Å². The van der Waals surface area contributed by atoms with Gasteiger partial charge in [0.15, 0.2) is 0 Å². The number of hydrogen-bond acceptors (Lipinski definition) is 4. The van der Waals surface area contributed by atoms with Crippen LogP contribution in [0.4, 0.5) is 5.69 Å². The molecule has 3 aromatic carbocycles. The van der Waals surface area contributed by atoms with E-state index in [-0.39, 0.29) is 29.9 Å². The fraction of sp³-hybridized carbons (Fsp3) is 0.240. The average molecular weight is 453 g/mol. The number of amides is 1. The summed E-state index contributed by atoms with van der Waals surface area (Å²) in [5.41, 5.74) is 2.55. The second-order valence-corrected chi connectivity index (χ2v) is 9.65. The number of benzene rings is 3. The van der Waals surface area contributed by atoms with Gasteiger partial charge in [-0.1, -0.05) is 48.5 Å². The van der Waals surface area contributed by atoms with E-state index in [1.54, 1.807) is 19.2 Å². The number of ether oxygens (including phenoxy) is 1. The molecular formula is C25H28N2O4S. The molecule has 0 bridgehead atoms. The fourth-order valence-corrected chi connectivity index (χ4v) is 4.45. The highest BCUT2D eigenvalue weighted by Gasteiger charge is 2.22. The van der Waals surface area contributed by atoms with Crippen LogP contribution < -0.4 is 10.1 Å². The van der Waals surface area contributed by atoms with Crippen molar-refractivity contribution in [1.82, 2.24) is 4.31 Å². The molecule has 0 heterocycles. The zero-order valence-electron chi connectivity index (χ0n) is 18.5. The van der Waals surface area contributed by atoms with Crippen LogP contribution in [-0.2, 0) is 14.8 Å². The Morgan fingerprint density at radius 1 is 0.938 bits per heavy atom. The lowest BCUT2D eigenvalue weighted by Crippen LogP contribution is -2.33. The number of nitrogens with zero attached hydrogens (tertiary/aromatic N) is 1. The smallest absolute Gasteiger partial charge is 0.243 e. The van der Waals surface area contributed by atoms with Crippen LogP contribution in [-0.4, -0.2) is 38.3 Å². The van der Waals surface area contributed by atoms with Crippen LogP contribution in [0.2, 0.25) is 0 Å². The highest BCUT2D eigenvalue weighted by atomic mass is 32.2. The van der Waals surface area contributed by atoms with E-state index in [1.165, 1.54) is 16.4 Å². The van der Waals surface area contributed by atoms with Crippen LogP contribution in [0.3, 0.4) is 0 Å². The predicted octanol–water partition coefficient (Wildman–Crippen LogP) is 4.79. The van der Waals surface area contributed by atoms with Crippen LogP contribution in [0.15, 0.2) is 83.8 Å². The van der Waals surface area contributed by atoms with Crippen molar-refractivity contribution < 1.29 is 17.9 Å². The predicted molar refractivity (Wildman–Crippen MR) is 127 cm³/mol. The minimum absolute atomic E-state index is 0.147. The first-order chi connectivity index (χ1) is 15.3. The molecule has 3 rings (SSSR count). The average Bonchev–Trinajstić information content (AvgIpc) is 2.79. The van der Waals surface area contributed by atoms with Gasteiger partial charge in [0, 0.05) is 24.3 Å². The minimum Gasteiger partial charge on any atom is -0.492 e. The summed E-state index contributed by atoms with van der Waals surface area (Å²) in [5, 5.41) is 2.78. The fourth-order valence-electron chi connectivity index (χ4n) is 3.08. The Morgan fingerprint density at radius 3 is 2.22 bits per heavy atom. The lowest BCUT2D eigenvalue weighted by atomic mass is 10.1. The molecule has 1 N–H and O–H groups in total. The highest BCUT2D eigenvalue weighted by Crippen LogP contribution is 2.29. The minimum atomic E-state index is -3.55. The van der Waals surface area contributed by atoms with Crippen molar-refractivity contribution in [1.29, 1.82) is 0 Å². The van der Waals surface area contributed by atoms with Crippen LogP contribution >= 0.6 is 0 Å². The van der Waals surface area contributed by atoms with Crippen LogP contribution in [0.5, 0.6) is 5.75 Å². The number of nitrogens with one attached hydrogen (secondary N) is 1. The van der Waals surface area contributed by atoms with Gasteiger partial charge in [0.05, 0.1) is 17.9 Å². The number of anilines is 1. The summed E-state index contributed by atoms with van der Waals surface area (Å²) in [5.74, 6) is 0.507. The van der Waals surface area contributed by atoms with Crippen molar-refractivity contribution in [3.05, 3.63) is 78.9 Å². The molecule has 0 aliphatic rings. The van der Waals surface area contributed by atoms with Crippen LogP contribution in [0, 0.1) is 0 Å². The largest absolute Gasteiger partial charge is 0.492 e. The van der Waals surface area contributed by atoms with Gasteiger partial charge in [-0.2, -0.15) is 4.31 Å². The second-order valence-electron chi connectivity index (χ2n) is 7.65. The Morgan fingerprint density at radius 2 is 1.56 bits per heavy atom. The number of para-hydroxylation sites is 1. The number of hydrogen-bond donors (Lipinski definition) is 1. The molecule has 0 aromatic heterocycles. The van der Waals surface area contributed by atoms with E-state index in [0.717, 1.165) is 16.9 Å². The van der Waals surface area contributed by atoms with Crippen molar-refractivity contribution in [2.75, 3.05) is 19.0 Å². The molecule has 7 heteroatoms. The van der Waals surface area contributed by atoms with Gasteiger partial charge in [0.1, 0.15) is 5.75 Å². The first kappa shape index (κ1) is 23.5. The summed E-state index contributed by atoms with van der Waals surface area (Å²) in [7, 11) is -2.01. The monoisotopic (exact) mass is 452 g/mol. The van der Waals surface area contributed by atoms with Crippen molar-refractivity contribution in [2.24, 2.45) is 0 Å². The van der Waals surface area contributed by atoms with Gasteiger partial charge < -0.3 is 10.1 Å². The Bertz CT molecular complexity index is 1140. The van der Waals surface area contributed by atoms with Gasteiger partial charge >= 0.3 is 0 Å². The van der Waals surface area contributed by atoms with Crippen molar-refractivity contribution >= 4 is 21.6 Å². The first-order valence-electron chi connectivity index (χ1n) is 10.4. The van der Waals surface area contributed by atoms with Gasteiger partial charge in [0.25, 0.3) is 0 Å². The number of carbonyl (C=O) groups is 1. The van der Waals surface area contributed by atoms with Gasteiger partial charge in [-0.15, -0.1) is 0 Å². The number of carbonyl (C=O) groups excluding carboxylic acids is 1. The summed E-state index contributed by atoms with van der Waals surface area (Å²) >= 11 is 0. The third-order valence-corrected chi connectivity index (χ3v) is 7.15. The molecule has 168 valence electrons. The summed E-state index contributed by atoms with van der Waals surface area (Å²) in [6.45, 7) is 3.85. The molecule has 0 radical (unpaired) electrons. The third-order valence-electron chi connectivity index (χ3n) is 5.10. The Hall–Kier alpha value is -3.16. The molecule has 0 saturated heterocycles. The summed E-state index contributed by atoms with van der Waals surface area (Å²) < 4.78 is 32.2. The van der Waals surface area contributed by atoms with E-state index in [2.05, 4.69) is 5.32 Å². The summed E-state index contributed by atoms with van der Waals surface area (Å²) in [4.78, 5) is 12.5. The van der Waals surface area contributed by atoms with Crippen molar-refractivity contribution in [3.8, 4) is 16.9 Å². The van der Waals surface area contributed by atoms with Gasteiger partial charge in [-0.05, 0) is 49.7 Å². The molecule has 1 amide bonds. The molecule has 0 fully saturated rings. The lowest BCUT2D eigenvalue weighted by Gasteiger charge is -2.21. The standard InChI is InChI=1S/C25H28N2O4S/c1-19(2)27(3)32(29,30)22-15-13-21(14-16-22)26-25(28)17-18-31-24-12-8-7-11-23(24)20-9-5-4-6-10-20/h4-16,19H,17-18H2,1-3H3,(H,26,28). The Labute approximate surface area is 189 Å². The van der Waals surface area contributed by atoms with E-state index >= 15 is 0 Å². The van der Waals surface area contributed by atoms with E-state index in [0.29, 0.717) is 5.69 Å². The summed E-state index contributed by atoms with van der Waals surface area (Å²) in [6, 6.07) is 23.7. The van der Waals surface area contributed by atoms with Crippen LogP contribution in [0.1, 0.15) is 20.3 Å². The lowest BCUT2D eigenvalue weighted by molar-refractivity contribution is -0.116. The molecule has 32 heavy (non-hydrogen) atoms. The molecule has 0 saturated carbocycles. The Kier molecular flexibility index (Phi) is 7.66. The highest BCUT2D eigenvalue weighted by molar-refractivity contribution is 7.89. The van der Waals surface area contributed by atoms with Crippen molar-refractivity contribution in [2.45, 2.75) is 31.2 Å². The van der Waals surface area contributed by atoms with Gasteiger partial charge in [-0.25, -0.2) is 8.42 Å². The third kappa shape index (κ3) is 5.75. The van der Waals surface area contributed by atoms with Crippen LogP contribution in [0.25, 0.3) is 11.1 Å². The quantitative estimate of drug-likeness (QED) is 0.506. The maximum Gasteiger partial charge on any atom is 0.243 e. The van der Waals surface area contributed by atoms with Crippen molar-refractivity contribution in [3.63, 3.8) is 0 Å². The number of rotatable bonds is 9. The topological polar surface area (TPSA) is 75.7 Å². The molecule has 0 aliphatic carbocycles.